The molecule has 0 saturated carbocycles. The fourth-order valence-corrected chi connectivity index (χ4v) is 6.23. The van der Waals surface area contributed by atoms with Crippen LogP contribution >= 0.6 is 0 Å². The number of carbonyl (C=O) groups is 3. The summed E-state index contributed by atoms with van der Waals surface area (Å²) < 4.78 is 16.5. The van der Waals surface area contributed by atoms with Crippen LogP contribution in [0.25, 0.3) is 6.08 Å². The van der Waals surface area contributed by atoms with Crippen LogP contribution in [0.4, 0.5) is 0 Å². The molecule has 7 nitrogen and oxygen atoms in total. The lowest BCUT2D eigenvalue weighted by Gasteiger charge is -2.18. The van der Waals surface area contributed by atoms with Crippen LogP contribution in [0.2, 0.25) is 0 Å². The number of benzene rings is 1. The van der Waals surface area contributed by atoms with Crippen LogP contribution in [0.1, 0.15) is 199 Å². The minimum absolute atomic E-state index is 0.0577. The van der Waals surface area contributed by atoms with Gasteiger partial charge in [0.25, 0.3) is 0 Å². The van der Waals surface area contributed by atoms with Gasteiger partial charge in [0.05, 0.1) is 0 Å². The molecule has 0 aliphatic heterocycles. The monoisotopic (exact) mass is 714 g/mol. The predicted octanol–water partition coefficient (Wildman–Crippen LogP) is 11.9. The molecule has 51 heavy (non-hydrogen) atoms. The van der Waals surface area contributed by atoms with E-state index in [4.69, 9.17) is 19.9 Å². The van der Waals surface area contributed by atoms with E-state index in [1.54, 1.807) is 0 Å². The van der Waals surface area contributed by atoms with Crippen LogP contribution in [0.5, 0.6) is 0 Å². The van der Waals surface area contributed by atoms with Crippen molar-refractivity contribution in [3.63, 3.8) is 0 Å². The Hall–Kier alpha value is -2.83. The number of ether oxygens (including phenoxy) is 3. The summed E-state index contributed by atoms with van der Waals surface area (Å²) in [5.41, 5.74) is 6.67. The van der Waals surface area contributed by atoms with Gasteiger partial charge in [-0.3, -0.25) is 9.59 Å². The van der Waals surface area contributed by atoms with Gasteiger partial charge in [-0.25, -0.2) is 4.79 Å². The van der Waals surface area contributed by atoms with Crippen molar-refractivity contribution in [1.82, 2.24) is 0 Å². The minimum Gasteiger partial charge on any atom is -0.462 e. The normalized spacial score (nSPS) is 12.1. The molecule has 0 radical (unpaired) electrons. The van der Waals surface area contributed by atoms with Crippen LogP contribution in [0.15, 0.2) is 36.0 Å². The molecule has 1 unspecified atom stereocenters. The predicted molar refractivity (Wildman–Crippen MR) is 211 cm³/mol. The maximum atomic E-state index is 12.7. The number of carbonyl (C=O) groups excluding carboxylic acids is 3. The van der Waals surface area contributed by atoms with Crippen molar-refractivity contribution < 1.29 is 28.6 Å². The second kappa shape index (κ2) is 34.3. The Balaban J connectivity index is 2.34. The molecule has 0 aromatic heterocycles. The molecule has 0 saturated heterocycles. The first kappa shape index (κ1) is 46.2. The third-order valence-electron chi connectivity index (χ3n) is 9.45. The standard InChI is InChI=1S/C44H75NO6/c1-3-5-7-9-11-13-15-17-19-21-23-25-30-34-42(46)49-37-40(38-50-44(48)41(45)36-39-32-28-27-29-33-39)51-43(47)35-31-26-24-22-20-18-16-14-12-10-8-6-4-2/h27-29,32-33,36,40H,3-26,30-31,34-35,37-38,45H2,1-2H3/b41-36-. The van der Waals surface area contributed by atoms with Crippen molar-refractivity contribution in [3.05, 3.63) is 41.6 Å². The molecule has 0 bridgehead atoms. The Kier molecular flexibility index (Phi) is 31.0. The largest absolute Gasteiger partial charge is 0.462 e. The van der Waals surface area contributed by atoms with Crippen LogP contribution in [-0.4, -0.2) is 37.2 Å². The Morgan fingerprint density at radius 3 is 1.33 bits per heavy atom. The molecule has 2 N–H and O–H groups in total. The van der Waals surface area contributed by atoms with Gasteiger partial charge in [-0.05, 0) is 24.5 Å². The van der Waals surface area contributed by atoms with E-state index >= 15 is 0 Å². The van der Waals surface area contributed by atoms with Crippen molar-refractivity contribution in [2.75, 3.05) is 13.2 Å². The maximum absolute atomic E-state index is 12.7. The summed E-state index contributed by atoms with van der Waals surface area (Å²) in [6.07, 6.45) is 33.3. The molecule has 0 aliphatic rings. The molecule has 0 amide bonds. The molecule has 0 heterocycles. The summed E-state index contributed by atoms with van der Waals surface area (Å²) in [6, 6.07) is 9.24. The Morgan fingerprint density at radius 2 is 0.902 bits per heavy atom. The molecule has 0 spiro atoms. The molecule has 1 atom stereocenters. The SMILES string of the molecule is CCCCCCCCCCCCCCCC(=O)OCC(COC(=O)/C(N)=C/c1ccccc1)OC(=O)CCCCCCCCCCCCCCC. The first-order valence-electron chi connectivity index (χ1n) is 21.0. The van der Waals surface area contributed by atoms with Crippen molar-refractivity contribution in [2.45, 2.75) is 200 Å². The average molecular weight is 714 g/mol. The Bertz CT molecular complexity index is 1010. The number of rotatable bonds is 35. The topological polar surface area (TPSA) is 105 Å². The smallest absolute Gasteiger partial charge is 0.354 e. The van der Waals surface area contributed by atoms with Gasteiger partial charge in [0.15, 0.2) is 6.10 Å². The highest BCUT2D eigenvalue weighted by Gasteiger charge is 2.20. The van der Waals surface area contributed by atoms with Gasteiger partial charge in [0.2, 0.25) is 0 Å². The van der Waals surface area contributed by atoms with E-state index in [0.29, 0.717) is 6.42 Å². The number of esters is 3. The molecule has 1 aromatic rings. The van der Waals surface area contributed by atoms with E-state index in [-0.39, 0.29) is 37.3 Å². The second-order valence-electron chi connectivity index (χ2n) is 14.4. The third-order valence-corrected chi connectivity index (χ3v) is 9.45. The summed E-state index contributed by atoms with van der Waals surface area (Å²) in [6.45, 7) is 4.12. The lowest BCUT2D eigenvalue weighted by Crippen LogP contribution is -2.31. The van der Waals surface area contributed by atoms with E-state index < -0.39 is 12.1 Å². The van der Waals surface area contributed by atoms with Crippen molar-refractivity contribution in [1.29, 1.82) is 0 Å². The van der Waals surface area contributed by atoms with Gasteiger partial charge in [-0.1, -0.05) is 198 Å². The fraction of sp³-hybridized carbons (Fsp3) is 0.750. The van der Waals surface area contributed by atoms with Gasteiger partial charge in [-0.2, -0.15) is 0 Å². The Morgan fingerprint density at radius 1 is 0.529 bits per heavy atom. The summed E-state index contributed by atoms with van der Waals surface area (Å²) in [5.74, 6) is -1.42. The van der Waals surface area contributed by atoms with E-state index in [0.717, 1.165) is 44.1 Å². The van der Waals surface area contributed by atoms with E-state index in [1.807, 2.05) is 30.3 Å². The first-order chi connectivity index (χ1) is 25.0. The minimum atomic E-state index is -0.886. The quantitative estimate of drug-likeness (QED) is 0.0323. The number of hydrogen-bond acceptors (Lipinski definition) is 7. The number of nitrogens with two attached hydrogens (primary N) is 1. The van der Waals surface area contributed by atoms with E-state index in [1.165, 1.54) is 134 Å². The lowest BCUT2D eigenvalue weighted by molar-refractivity contribution is -0.165. The van der Waals surface area contributed by atoms with Gasteiger partial charge in [-0.15, -0.1) is 0 Å². The third kappa shape index (κ3) is 29.4. The molecule has 7 heteroatoms. The summed E-state index contributed by atoms with van der Waals surface area (Å²) in [5, 5.41) is 0. The van der Waals surface area contributed by atoms with Crippen LogP contribution in [0.3, 0.4) is 0 Å². The van der Waals surface area contributed by atoms with E-state index in [2.05, 4.69) is 13.8 Å². The zero-order chi connectivity index (χ0) is 37.0. The number of unbranched alkanes of at least 4 members (excludes halogenated alkanes) is 24. The summed E-state index contributed by atoms with van der Waals surface area (Å²) >= 11 is 0. The summed E-state index contributed by atoms with van der Waals surface area (Å²) in [7, 11) is 0. The lowest BCUT2D eigenvalue weighted by atomic mass is 10.0. The Labute approximate surface area is 312 Å². The zero-order valence-corrected chi connectivity index (χ0v) is 32.8. The molecule has 1 aromatic carbocycles. The highest BCUT2D eigenvalue weighted by Crippen LogP contribution is 2.15. The summed E-state index contributed by atoms with van der Waals surface area (Å²) in [4.78, 5) is 37.8. The van der Waals surface area contributed by atoms with Crippen molar-refractivity contribution in [3.8, 4) is 0 Å². The molecule has 292 valence electrons. The molecule has 0 fully saturated rings. The molecule has 0 aliphatic carbocycles. The van der Waals surface area contributed by atoms with Gasteiger partial charge in [0, 0.05) is 12.8 Å². The molecule has 1 rings (SSSR count). The zero-order valence-electron chi connectivity index (χ0n) is 32.8. The van der Waals surface area contributed by atoms with Crippen molar-refractivity contribution >= 4 is 24.0 Å². The van der Waals surface area contributed by atoms with Gasteiger partial charge >= 0.3 is 17.9 Å². The van der Waals surface area contributed by atoms with Gasteiger partial charge in [0.1, 0.15) is 18.9 Å². The fourth-order valence-electron chi connectivity index (χ4n) is 6.23. The first-order valence-corrected chi connectivity index (χ1v) is 21.0. The van der Waals surface area contributed by atoms with Crippen LogP contribution in [-0.2, 0) is 28.6 Å². The van der Waals surface area contributed by atoms with Crippen LogP contribution in [0, 0.1) is 0 Å². The highest BCUT2D eigenvalue weighted by molar-refractivity contribution is 5.92. The highest BCUT2D eigenvalue weighted by atomic mass is 16.6. The molecular formula is C44H75NO6. The van der Waals surface area contributed by atoms with Crippen LogP contribution < -0.4 is 5.73 Å². The average Bonchev–Trinajstić information content (AvgIpc) is 3.13. The molecular weight excluding hydrogens is 638 g/mol. The second-order valence-corrected chi connectivity index (χ2v) is 14.4. The number of hydrogen-bond donors (Lipinski definition) is 1. The van der Waals surface area contributed by atoms with Gasteiger partial charge < -0.3 is 19.9 Å². The maximum Gasteiger partial charge on any atom is 0.354 e. The van der Waals surface area contributed by atoms with Crippen molar-refractivity contribution in [2.24, 2.45) is 5.73 Å². The van der Waals surface area contributed by atoms with E-state index in [9.17, 15) is 14.4 Å².